The summed E-state index contributed by atoms with van der Waals surface area (Å²) in [5, 5.41) is 2.36. The third-order valence-electron chi connectivity index (χ3n) is 5.55. The second-order valence-corrected chi connectivity index (χ2v) is 8.32. The van der Waals surface area contributed by atoms with Gasteiger partial charge in [0.05, 0.1) is 13.2 Å². The zero-order chi connectivity index (χ0) is 22.4. The Labute approximate surface area is 194 Å². The van der Waals surface area contributed by atoms with E-state index in [1.165, 1.54) is 49.3 Å². The van der Waals surface area contributed by atoms with Crippen molar-refractivity contribution in [2.75, 3.05) is 13.2 Å². The molecule has 0 heterocycles. The molecule has 0 spiro atoms. The fraction of sp³-hybridized carbons (Fsp3) is 0.400. The Balaban J connectivity index is 1.54. The summed E-state index contributed by atoms with van der Waals surface area (Å²) in [5.41, 5.74) is 2.01. The van der Waals surface area contributed by atoms with E-state index >= 15 is 0 Å². The molecule has 0 saturated heterocycles. The standard InChI is InChI=1S/C30H36O2/c1-3-5-7-9-21-31-29-18-14-25(15-19-29)11-12-26-13-16-28-24-30(20-17-27(28)23-26)32-22-10-8-6-4-2/h13-20,23-24H,3-10,21-22H2,1-2H3. The molecular formula is C30H36O2. The number of unbranched alkanes of at least 4 members (excludes halogenated alkanes) is 6. The molecule has 0 unspecified atom stereocenters. The molecule has 0 saturated carbocycles. The third-order valence-corrected chi connectivity index (χ3v) is 5.55. The van der Waals surface area contributed by atoms with Gasteiger partial charge in [-0.25, -0.2) is 0 Å². The smallest absolute Gasteiger partial charge is 0.119 e. The Kier molecular flexibility index (Phi) is 10.0. The summed E-state index contributed by atoms with van der Waals surface area (Å²) in [4.78, 5) is 0. The largest absolute Gasteiger partial charge is 0.494 e. The SMILES string of the molecule is CCCCCCOc1ccc(C#Cc2ccc3cc(OCCCCCC)ccc3c2)cc1. The molecule has 0 aliphatic rings. The van der Waals surface area contributed by atoms with Gasteiger partial charge in [-0.1, -0.05) is 76.3 Å². The Morgan fingerprint density at radius 3 is 1.75 bits per heavy atom. The molecule has 0 aliphatic heterocycles. The summed E-state index contributed by atoms with van der Waals surface area (Å²) in [6.07, 6.45) is 9.76. The van der Waals surface area contributed by atoms with E-state index in [9.17, 15) is 0 Å². The molecule has 3 aromatic carbocycles. The van der Waals surface area contributed by atoms with Crippen molar-refractivity contribution in [2.45, 2.75) is 65.2 Å². The van der Waals surface area contributed by atoms with Crippen LogP contribution in [0.5, 0.6) is 11.5 Å². The molecule has 2 nitrogen and oxygen atoms in total. The van der Waals surface area contributed by atoms with E-state index in [4.69, 9.17) is 9.47 Å². The highest BCUT2D eigenvalue weighted by molar-refractivity contribution is 5.85. The van der Waals surface area contributed by atoms with Gasteiger partial charge < -0.3 is 9.47 Å². The second-order valence-electron chi connectivity index (χ2n) is 8.32. The zero-order valence-electron chi connectivity index (χ0n) is 19.7. The van der Waals surface area contributed by atoms with Gasteiger partial charge in [0.15, 0.2) is 0 Å². The number of fused-ring (bicyclic) bond motifs is 1. The van der Waals surface area contributed by atoms with Crippen LogP contribution in [-0.2, 0) is 0 Å². The second kappa shape index (κ2) is 13.5. The summed E-state index contributed by atoms with van der Waals surface area (Å²) in [5.74, 6) is 8.41. The molecule has 168 valence electrons. The van der Waals surface area contributed by atoms with E-state index in [0.29, 0.717) is 0 Å². The van der Waals surface area contributed by atoms with Gasteiger partial charge in [-0.2, -0.15) is 0 Å². The van der Waals surface area contributed by atoms with Crippen molar-refractivity contribution in [1.82, 2.24) is 0 Å². The van der Waals surface area contributed by atoms with Crippen LogP contribution in [0, 0.1) is 11.8 Å². The van der Waals surface area contributed by atoms with Gasteiger partial charge in [-0.3, -0.25) is 0 Å². The van der Waals surface area contributed by atoms with Crippen LogP contribution in [0.25, 0.3) is 10.8 Å². The summed E-state index contributed by atoms with van der Waals surface area (Å²) < 4.78 is 11.7. The fourth-order valence-corrected chi connectivity index (χ4v) is 3.61. The van der Waals surface area contributed by atoms with Gasteiger partial charge in [-0.05, 0) is 72.1 Å². The highest BCUT2D eigenvalue weighted by Crippen LogP contribution is 2.22. The molecule has 0 amide bonds. The molecular weight excluding hydrogens is 392 g/mol. The van der Waals surface area contributed by atoms with E-state index in [-0.39, 0.29) is 0 Å². The minimum absolute atomic E-state index is 0.785. The van der Waals surface area contributed by atoms with Crippen LogP contribution in [-0.4, -0.2) is 13.2 Å². The predicted molar refractivity (Wildman–Crippen MR) is 136 cm³/mol. The summed E-state index contributed by atoms with van der Waals surface area (Å²) >= 11 is 0. The van der Waals surface area contributed by atoms with Gasteiger partial charge in [0.1, 0.15) is 11.5 Å². The van der Waals surface area contributed by atoms with Crippen LogP contribution in [0.2, 0.25) is 0 Å². The molecule has 32 heavy (non-hydrogen) atoms. The van der Waals surface area contributed by atoms with Crippen LogP contribution in [0.3, 0.4) is 0 Å². The minimum atomic E-state index is 0.785. The Morgan fingerprint density at radius 2 is 1.06 bits per heavy atom. The lowest BCUT2D eigenvalue weighted by Crippen LogP contribution is -1.97. The fourth-order valence-electron chi connectivity index (χ4n) is 3.61. The number of hydrogen-bond acceptors (Lipinski definition) is 2. The van der Waals surface area contributed by atoms with Crippen molar-refractivity contribution < 1.29 is 9.47 Å². The molecule has 0 fully saturated rings. The maximum absolute atomic E-state index is 5.91. The van der Waals surface area contributed by atoms with Gasteiger partial charge in [0.25, 0.3) is 0 Å². The highest BCUT2D eigenvalue weighted by Gasteiger charge is 2.00. The molecule has 0 radical (unpaired) electrons. The molecule has 3 rings (SSSR count). The van der Waals surface area contributed by atoms with Gasteiger partial charge in [0.2, 0.25) is 0 Å². The van der Waals surface area contributed by atoms with Gasteiger partial charge in [0, 0.05) is 11.1 Å². The minimum Gasteiger partial charge on any atom is -0.494 e. The molecule has 0 N–H and O–H groups in total. The zero-order valence-corrected chi connectivity index (χ0v) is 19.7. The average Bonchev–Trinajstić information content (AvgIpc) is 2.83. The maximum atomic E-state index is 5.91. The first-order chi connectivity index (χ1) is 15.8. The lowest BCUT2D eigenvalue weighted by molar-refractivity contribution is 0.305. The number of rotatable bonds is 12. The van der Waals surface area contributed by atoms with E-state index in [1.807, 2.05) is 24.3 Å². The highest BCUT2D eigenvalue weighted by atomic mass is 16.5. The molecule has 3 aromatic rings. The van der Waals surface area contributed by atoms with Crippen LogP contribution in [0.1, 0.15) is 76.3 Å². The van der Waals surface area contributed by atoms with E-state index in [1.54, 1.807) is 0 Å². The first kappa shape index (κ1) is 23.7. The quantitative estimate of drug-likeness (QED) is 0.214. The summed E-state index contributed by atoms with van der Waals surface area (Å²) in [7, 11) is 0. The Bertz CT molecular complexity index is 1010. The first-order valence-corrected chi connectivity index (χ1v) is 12.2. The summed E-state index contributed by atoms with van der Waals surface area (Å²) in [6, 6.07) is 20.7. The maximum Gasteiger partial charge on any atom is 0.119 e. The number of ether oxygens (including phenoxy) is 2. The molecule has 0 bridgehead atoms. The summed E-state index contributed by atoms with van der Waals surface area (Å²) in [6.45, 7) is 6.02. The van der Waals surface area contributed by atoms with E-state index < -0.39 is 0 Å². The predicted octanol–water partition coefficient (Wildman–Crippen LogP) is 8.16. The lowest BCUT2D eigenvalue weighted by Gasteiger charge is -2.07. The number of benzene rings is 3. The molecule has 0 aromatic heterocycles. The van der Waals surface area contributed by atoms with Crippen molar-refractivity contribution in [1.29, 1.82) is 0 Å². The Hall–Kier alpha value is -2.92. The van der Waals surface area contributed by atoms with Crippen molar-refractivity contribution in [3.05, 3.63) is 71.8 Å². The van der Waals surface area contributed by atoms with Crippen LogP contribution in [0.4, 0.5) is 0 Å². The topological polar surface area (TPSA) is 18.5 Å². The van der Waals surface area contributed by atoms with Crippen LogP contribution in [0.15, 0.2) is 60.7 Å². The van der Waals surface area contributed by atoms with Crippen molar-refractivity contribution in [3.63, 3.8) is 0 Å². The average molecular weight is 429 g/mol. The normalized spacial score (nSPS) is 10.6. The van der Waals surface area contributed by atoms with Crippen LogP contribution >= 0.6 is 0 Å². The molecule has 2 heteroatoms. The van der Waals surface area contributed by atoms with Crippen molar-refractivity contribution in [3.8, 4) is 23.3 Å². The monoisotopic (exact) mass is 428 g/mol. The van der Waals surface area contributed by atoms with Crippen molar-refractivity contribution in [2.24, 2.45) is 0 Å². The van der Waals surface area contributed by atoms with E-state index in [0.717, 1.165) is 48.7 Å². The molecule has 0 atom stereocenters. The van der Waals surface area contributed by atoms with Gasteiger partial charge >= 0.3 is 0 Å². The van der Waals surface area contributed by atoms with E-state index in [2.05, 4.69) is 62.1 Å². The third kappa shape index (κ3) is 7.97. The van der Waals surface area contributed by atoms with Crippen molar-refractivity contribution >= 4 is 10.8 Å². The van der Waals surface area contributed by atoms with Crippen LogP contribution < -0.4 is 9.47 Å². The number of hydrogen-bond donors (Lipinski definition) is 0. The first-order valence-electron chi connectivity index (χ1n) is 12.2. The van der Waals surface area contributed by atoms with Gasteiger partial charge in [-0.15, -0.1) is 0 Å². The Morgan fingerprint density at radius 1 is 0.531 bits per heavy atom. The lowest BCUT2D eigenvalue weighted by atomic mass is 10.1. The molecule has 0 aliphatic carbocycles.